The highest BCUT2D eigenvalue weighted by atomic mass is 19.1. The molecule has 144 valence electrons. The van der Waals surface area contributed by atoms with E-state index >= 15 is 0 Å². The van der Waals surface area contributed by atoms with Gasteiger partial charge in [0.1, 0.15) is 17.3 Å². The van der Waals surface area contributed by atoms with E-state index < -0.39 is 0 Å². The van der Waals surface area contributed by atoms with E-state index in [0.717, 1.165) is 38.1 Å². The van der Waals surface area contributed by atoms with Crippen LogP contribution in [0.1, 0.15) is 25.0 Å². The van der Waals surface area contributed by atoms with Crippen LogP contribution in [0.25, 0.3) is 11.3 Å². The van der Waals surface area contributed by atoms with Crippen LogP contribution < -0.4 is 0 Å². The van der Waals surface area contributed by atoms with E-state index in [1.54, 1.807) is 29.2 Å². The second-order valence-electron chi connectivity index (χ2n) is 7.61. The number of carbonyl (C=O) groups excluding carboxylic acids is 1. The molecule has 27 heavy (non-hydrogen) atoms. The standard InChI is InChI=1S/C21H25FN2O3/c22-18-5-2-1-4-17(18)19-7-6-16(27-19)14-23-11-9-21(15-23)8-3-10-24(12-13-25)20(21)26/h1-2,4-7,25H,3,8-15H2/t21-/m0/s1. The van der Waals surface area contributed by atoms with E-state index in [4.69, 9.17) is 4.42 Å². The van der Waals surface area contributed by atoms with Crippen LogP contribution in [0.5, 0.6) is 0 Å². The second kappa shape index (κ2) is 7.44. The largest absolute Gasteiger partial charge is 0.460 e. The van der Waals surface area contributed by atoms with Crippen molar-refractivity contribution < 1.29 is 18.7 Å². The van der Waals surface area contributed by atoms with Gasteiger partial charge < -0.3 is 14.4 Å². The average molecular weight is 372 g/mol. The number of halogens is 1. The van der Waals surface area contributed by atoms with Crippen molar-refractivity contribution in [2.45, 2.75) is 25.8 Å². The van der Waals surface area contributed by atoms with Crippen molar-refractivity contribution in [3.63, 3.8) is 0 Å². The number of hydrogen-bond acceptors (Lipinski definition) is 4. The zero-order chi connectivity index (χ0) is 18.9. The first-order valence-corrected chi connectivity index (χ1v) is 9.57. The Kier molecular flexibility index (Phi) is 5.02. The van der Waals surface area contributed by atoms with E-state index in [1.807, 2.05) is 6.07 Å². The molecule has 6 heteroatoms. The summed E-state index contributed by atoms with van der Waals surface area (Å²) in [6, 6.07) is 10.3. The molecule has 2 aliphatic rings. The zero-order valence-electron chi connectivity index (χ0n) is 15.4. The van der Waals surface area contributed by atoms with Gasteiger partial charge in [-0.3, -0.25) is 9.69 Å². The van der Waals surface area contributed by atoms with Crippen molar-refractivity contribution in [2.24, 2.45) is 5.41 Å². The zero-order valence-corrected chi connectivity index (χ0v) is 15.4. The number of piperidine rings is 1. The Bertz CT molecular complexity index is 819. The molecule has 5 nitrogen and oxygen atoms in total. The van der Waals surface area contributed by atoms with Crippen LogP contribution in [0, 0.1) is 11.2 Å². The van der Waals surface area contributed by atoms with Gasteiger partial charge in [0.2, 0.25) is 5.91 Å². The predicted octanol–water partition coefficient (Wildman–Crippen LogP) is 2.89. The highest BCUT2D eigenvalue weighted by Gasteiger charge is 2.48. The van der Waals surface area contributed by atoms with E-state index in [0.29, 0.717) is 31.0 Å². The summed E-state index contributed by atoms with van der Waals surface area (Å²) in [5.41, 5.74) is 0.137. The molecule has 1 spiro atoms. The molecule has 1 amide bonds. The fourth-order valence-corrected chi connectivity index (χ4v) is 4.45. The van der Waals surface area contributed by atoms with Gasteiger partial charge in [-0.15, -0.1) is 0 Å². The van der Waals surface area contributed by atoms with Gasteiger partial charge in [-0.2, -0.15) is 0 Å². The number of likely N-dealkylation sites (tertiary alicyclic amines) is 2. The Morgan fingerprint density at radius 2 is 2.00 bits per heavy atom. The molecule has 1 aromatic heterocycles. The fourth-order valence-electron chi connectivity index (χ4n) is 4.45. The van der Waals surface area contributed by atoms with Gasteiger partial charge in [-0.05, 0) is 50.1 Å². The third-order valence-corrected chi connectivity index (χ3v) is 5.81. The maximum atomic E-state index is 13.9. The lowest BCUT2D eigenvalue weighted by Crippen LogP contribution is -2.50. The molecule has 2 saturated heterocycles. The summed E-state index contributed by atoms with van der Waals surface area (Å²) in [7, 11) is 0. The normalized spacial score (nSPS) is 23.5. The van der Waals surface area contributed by atoms with Crippen molar-refractivity contribution in [1.29, 1.82) is 0 Å². The van der Waals surface area contributed by atoms with Crippen LogP contribution in [0.4, 0.5) is 4.39 Å². The Morgan fingerprint density at radius 1 is 1.15 bits per heavy atom. The summed E-state index contributed by atoms with van der Waals surface area (Å²) >= 11 is 0. The van der Waals surface area contributed by atoms with Crippen LogP contribution in [0.15, 0.2) is 40.8 Å². The maximum absolute atomic E-state index is 13.9. The SMILES string of the molecule is O=C1N(CCO)CCC[C@@]12CCN(Cc1ccc(-c3ccccc3F)o1)C2. The van der Waals surface area contributed by atoms with Crippen molar-refractivity contribution in [1.82, 2.24) is 9.80 Å². The molecule has 0 aliphatic carbocycles. The third-order valence-electron chi connectivity index (χ3n) is 5.81. The van der Waals surface area contributed by atoms with Crippen molar-refractivity contribution in [2.75, 3.05) is 32.8 Å². The first kappa shape index (κ1) is 18.2. The maximum Gasteiger partial charge on any atom is 0.230 e. The monoisotopic (exact) mass is 372 g/mol. The van der Waals surface area contributed by atoms with E-state index in [9.17, 15) is 14.3 Å². The molecule has 1 atom stereocenters. The topological polar surface area (TPSA) is 56.9 Å². The summed E-state index contributed by atoms with van der Waals surface area (Å²) < 4.78 is 19.8. The Morgan fingerprint density at radius 3 is 2.81 bits per heavy atom. The third kappa shape index (κ3) is 3.51. The molecule has 0 saturated carbocycles. The van der Waals surface area contributed by atoms with Gasteiger partial charge in [-0.25, -0.2) is 4.39 Å². The minimum absolute atomic E-state index is 0.0107. The van der Waals surface area contributed by atoms with Crippen LogP contribution in [-0.4, -0.2) is 53.6 Å². The van der Waals surface area contributed by atoms with Crippen molar-refractivity contribution in [3.05, 3.63) is 48.0 Å². The molecule has 1 aromatic carbocycles. The number of nitrogens with zero attached hydrogens (tertiary/aromatic N) is 2. The van der Waals surface area contributed by atoms with Gasteiger partial charge in [0.05, 0.1) is 24.1 Å². The number of aliphatic hydroxyl groups is 1. The molecule has 0 unspecified atom stereocenters. The molecular weight excluding hydrogens is 347 g/mol. The number of β-amino-alcohol motifs (C(OH)–C–C–N with tert-alkyl or cyclic N) is 1. The lowest BCUT2D eigenvalue weighted by atomic mass is 9.78. The fraction of sp³-hybridized carbons (Fsp3) is 0.476. The number of benzene rings is 1. The first-order chi connectivity index (χ1) is 13.1. The molecule has 2 fully saturated rings. The summed E-state index contributed by atoms with van der Waals surface area (Å²) in [5, 5.41) is 9.19. The highest BCUT2D eigenvalue weighted by Crippen LogP contribution is 2.40. The molecule has 0 radical (unpaired) electrons. The molecule has 1 N–H and O–H groups in total. The lowest BCUT2D eigenvalue weighted by Gasteiger charge is -2.39. The number of amides is 1. The Labute approximate surface area is 158 Å². The lowest BCUT2D eigenvalue weighted by molar-refractivity contribution is -0.146. The van der Waals surface area contributed by atoms with Gasteiger partial charge >= 0.3 is 0 Å². The molecule has 3 heterocycles. The summed E-state index contributed by atoms with van der Waals surface area (Å²) in [6.45, 7) is 3.34. The van der Waals surface area contributed by atoms with Crippen molar-refractivity contribution in [3.8, 4) is 11.3 Å². The summed E-state index contributed by atoms with van der Waals surface area (Å²) in [4.78, 5) is 16.9. The van der Waals surface area contributed by atoms with Gasteiger partial charge in [-0.1, -0.05) is 12.1 Å². The van der Waals surface area contributed by atoms with Gasteiger partial charge in [0.15, 0.2) is 0 Å². The second-order valence-corrected chi connectivity index (χ2v) is 7.61. The Hall–Kier alpha value is -2.18. The number of rotatable bonds is 5. The molecule has 0 bridgehead atoms. The van der Waals surface area contributed by atoms with Crippen LogP contribution >= 0.6 is 0 Å². The number of furan rings is 1. The number of carbonyl (C=O) groups is 1. The highest BCUT2D eigenvalue weighted by molar-refractivity contribution is 5.84. The smallest absolute Gasteiger partial charge is 0.230 e. The predicted molar refractivity (Wildman–Crippen MR) is 99.3 cm³/mol. The first-order valence-electron chi connectivity index (χ1n) is 9.57. The van der Waals surface area contributed by atoms with E-state index in [-0.39, 0.29) is 23.7 Å². The average Bonchev–Trinajstić information content (AvgIpc) is 3.28. The number of aliphatic hydroxyl groups excluding tert-OH is 1. The van der Waals surface area contributed by atoms with Crippen molar-refractivity contribution >= 4 is 5.91 Å². The molecule has 4 rings (SSSR count). The summed E-state index contributed by atoms with van der Waals surface area (Å²) in [6.07, 6.45) is 2.73. The van der Waals surface area contributed by atoms with E-state index in [1.165, 1.54) is 6.07 Å². The molecular formula is C21H25FN2O3. The van der Waals surface area contributed by atoms with Crippen LogP contribution in [0.2, 0.25) is 0 Å². The number of hydrogen-bond donors (Lipinski definition) is 1. The molecule has 2 aromatic rings. The van der Waals surface area contributed by atoms with Gasteiger partial charge in [0.25, 0.3) is 0 Å². The van der Waals surface area contributed by atoms with Gasteiger partial charge in [0, 0.05) is 19.6 Å². The quantitative estimate of drug-likeness (QED) is 0.877. The van der Waals surface area contributed by atoms with E-state index in [2.05, 4.69) is 4.90 Å². The minimum Gasteiger partial charge on any atom is -0.460 e. The summed E-state index contributed by atoms with van der Waals surface area (Å²) in [5.74, 6) is 1.19. The Balaban J connectivity index is 1.43. The van der Waals surface area contributed by atoms with Crippen LogP contribution in [-0.2, 0) is 11.3 Å². The van der Waals surface area contributed by atoms with Crippen LogP contribution in [0.3, 0.4) is 0 Å². The molecule has 2 aliphatic heterocycles. The minimum atomic E-state index is -0.325.